The highest BCUT2D eigenvalue weighted by atomic mass is 35.5. The van der Waals surface area contributed by atoms with Crippen LogP contribution in [0.1, 0.15) is 56.9 Å². The Morgan fingerprint density at radius 3 is 2.45 bits per heavy atom. The number of nitrogens with zero attached hydrogens (tertiary/aromatic N) is 3. The molecule has 7 rings (SSSR count). The van der Waals surface area contributed by atoms with Gasteiger partial charge in [-0.3, -0.25) is 9.59 Å². The van der Waals surface area contributed by atoms with Crippen molar-refractivity contribution in [3.05, 3.63) is 47.1 Å². The standard InChI is InChI=1S/C26H31ClN4O2/c27-21-5-2-1-4-20(21)16-31-23(7-8-28-31)29-24(32)22-6-3-9-30(22)25(33)26-13-17-10-18(14-26)12-19(11-17)15-26/h1-2,4-5,7-8,17-19,22H,3,6,9-16H2,(H,29,32). The van der Waals surface area contributed by atoms with Gasteiger partial charge in [-0.1, -0.05) is 29.8 Å². The molecule has 2 aromatic rings. The van der Waals surface area contributed by atoms with E-state index in [-0.39, 0.29) is 17.2 Å². The molecule has 2 heterocycles. The molecule has 0 spiro atoms. The summed E-state index contributed by atoms with van der Waals surface area (Å²) < 4.78 is 1.75. The van der Waals surface area contributed by atoms with E-state index in [1.54, 1.807) is 16.9 Å². The Bertz CT molecular complexity index is 1040. The second kappa shape index (κ2) is 8.15. The van der Waals surface area contributed by atoms with Crippen LogP contribution < -0.4 is 5.32 Å². The molecular weight excluding hydrogens is 436 g/mol. The number of benzene rings is 1. The van der Waals surface area contributed by atoms with Crippen LogP contribution in [0.2, 0.25) is 5.02 Å². The minimum absolute atomic E-state index is 0.105. The van der Waals surface area contributed by atoms with Gasteiger partial charge in [0.1, 0.15) is 11.9 Å². The van der Waals surface area contributed by atoms with Crippen LogP contribution in [0.3, 0.4) is 0 Å². The predicted octanol–water partition coefficient (Wildman–Crippen LogP) is 4.73. The van der Waals surface area contributed by atoms with Gasteiger partial charge in [-0.15, -0.1) is 0 Å². The Morgan fingerprint density at radius 1 is 1.06 bits per heavy atom. The molecule has 4 bridgehead atoms. The van der Waals surface area contributed by atoms with Gasteiger partial charge in [0.15, 0.2) is 0 Å². The van der Waals surface area contributed by atoms with Crippen LogP contribution in [-0.2, 0) is 16.1 Å². The van der Waals surface area contributed by atoms with Crippen LogP contribution in [0, 0.1) is 23.2 Å². The number of nitrogens with one attached hydrogen (secondary N) is 1. The third-order valence-corrected chi connectivity index (χ3v) is 8.92. The molecule has 7 heteroatoms. The second-order valence-electron chi connectivity index (χ2n) is 10.8. The summed E-state index contributed by atoms with van der Waals surface area (Å²) >= 11 is 6.31. The number of carbonyl (C=O) groups excluding carboxylic acids is 2. The number of hydrogen-bond acceptors (Lipinski definition) is 3. The number of aromatic nitrogens is 2. The van der Waals surface area contributed by atoms with E-state index in [9.17, 15) is 9.59 Å². The van der Waals surface area contributed by atoms with E-state index in [2.05, 4.69) is 10.4 Å². The summed E-state index contributed by atoms with van der Waals surface area (Å²) in [7, 11) is 0. The molecule has 1 aromatic carbocycles. The van der Waals surface area contributed by atoms with Crippen LogP contribution in [0.5, 0.6) is 0 Å². The van der Waals surface area contributed by atoms with Crippen LogP contribution in [0.15, 0.2) is 36.5 Å². The van der Waals surface area contributed by atoms with E-state index in [1.165, 1.54) is 19.3 Å². The number of anilines is 1. The molecule has 1 saturated heterocycles. The minimum Gasteiger partial charge on any atom is -0.330 e. The molecule has 174 valence electrons. The molecule has 1 aliphatic heterocycles. The van der Waals surface area contributed by atoms with Crippen LogP contribution in [-0.4, -0.2) is 39.1 Å². The third-order valence-electron chi connectivity index (χ3n) is 8.55. The first-order chi connectivity index (χ1) is 16.0. The van der Waals surface area contributed by atoms with E-state index in [1.807, 2.05) is 29.2 Å². The minimum atomic E-state index is -0.394. The van der Waals surface area contributed by atoms with E-state index in [0.29, 0.717) is 41.7 Å². The molecule has 1 atom stereocenters. The van der Waals surface area contributed by atoms with E-state index >= 15 is 0 Å². The summed E-state index contributed by atoms with van der Waals surface area (Å²) in [6.07, 6.45) is 10.3. The van der Waals surface area contributed by atoms with E-state index < -0.39 is 6.04 Å². The van der Waals surface area contributed by atoms with Gasteiger partial charge >= 0.3 is 0 Å². The SMILES string of the molecule is O=C(Nc1ccnn1Cc1ccccc1Cl)C1CCCN1C(=O)C12CC3CC(CC(C3)C1)C2. The van der Waals surface area contributed by atoms with Gasteiger partial charge in [-0.05, 0) is 80.8 Å². The maximum absolute atomic E-state index is 13.9. The highest BCUT2D eigenvalue weighted by Crippen LogP contribution is 2.60. The monoisotopic (exact) mass is 466 g/mol. The smallest absolute Gasteiger partial charge is 0.248 e. The fraction of sp³-hybridized carbons (Fsp3) is 0.577. The number of amides is 2. The molecule has 1 aromatic heterocycles. The van der Waals surface area contributed by atoms with Gasteiger partial charge in [-0.25, -0.2) is 4.68 Å². The largest absolute Gasteiger partial charge is 0.330 e. The lowest BCUT2D eigenvalue weighted by molar-refractivity contribution is -0.160. The molecule has 0 radical (unpaired) electrons. The molecule has 5 fully saturated rings. The van der Waals surface area contributed by atoms with Crippen LogP contribution in [0.25, 0.3) is 0 Å². The van der Waals surface area contributed by atoms with Crippen molar-refractivity contribution in [2.24, 2.45) is 23.2 Å². The maximum atomic E-state index is 13.9. The summed E-state index contributed by atoms with van der Waals surface area (Å²) in [5, 5.41) is 8.11. The van der Waals surface area contributed by atoms with Crippen molar-refractivity contribution in [1.82, 2.24) is 14.7 Å². The Hall–Kier alpha value is -2.34. The molecule has 1 N–H and O–H groups in total. The molecule has 1 unspecified atom stereocenters. The normalized spacial score (nSPS) is 32.3. The Morgan fingerprint density at radius 2 is 1.76 bits per heavy atom. The van der Waals surface area contributed by atoms with E-state index in [0.717, 1.165) is 37.7 Å². The zero-order valence-electron chi connectivity index (χ0n) is 18.9. The Balaban J connectivity index is 1.17. The topological polar surface area (TPSA) is 67.2 Å². The van der Waals surface area contributed by atoms with Crippen molar-refractivity contribution in [2.75, 3.05) is 11.9 Å². The number of rotatable bonds is 5. The molecule has 4 saturated carbocycles. The maximum Gasteiger partial charge on any atom is 0.248 e. The highest BCUT2D eigenvalue weighted by Gasteiger charge is 2.56. The summed E-state index contributed by atoms with van der Waals surface area (Å²) in [4.78, 5) is 29.1. The van der Waals surface area contributed by atoms with Crippen molar-refractivity contribution in [3.8, 4) is 0 Å². The quantitative estimate of drug-likeness (QED) is 0.692. The zero-order valence-corrected chi connectivity index (χ0v) is 19.6. The highest BCUT2D eigenvalue weighted by molar-refractivity contribution is 6.31. The number of carbonyl (C=O) groups is 2. The average Bonchev–Trinajstić information content (AvgIpc) is 3.44. The number of likely N-dealkylation sites (tertiary alicyclic amines) is 1. The van der Waals surface area contributed by atoms with Gasteiger partial charge in [0.25, 0.3) is 0 Å². The van der Waals surface area contributed by atoms with Crippen molar-refractivity contribution < 1.29 is 9.59 Å². The molecule has 2 amide bonds. The first-order valence-corrected chi connectivity index (χ1v) is 12.8. The van der Waals surface area contributed by atoms with Gasteiger partial charge in [0.2, 0.25) is 11.8 Å². The summed E-state index contributed by atoms with van der Waals surface area (Å²) in [5.74, 6) is 2.93. The summed E-state index contributed by atoms with van der Waals surface area (Å²) in [6, 6.07) is 9.05. The van der Waals surface area contributed by atoms with Crippen LogP contribution in [0.4, 0.5) is 5.82 Å². The van der Waals surface area contributed by atoms with Crippen molar-refractivity contribution in [2.45, 2.75) is 64.0 Å². The van der Waals surface area contributed by atoms with Crippen LogP contribution >= 0.6 is 11.6 Å². The van der Waals surface area contributed by atoms with Crippen molar-refractivity contribution in [3.63, 3.8) is 0 Å². The lowest BCUT2D eigenvalue weighted by Gasteiger charge is -2.56. The molecule has 33 heavy (non-hydrogen) atoms. The number of hydrogen-bond donors (Lipinski definition) is 1. The first-order valence-electron chi connectivity index (χ1n) is 12.4. The fourth-order valence-electron chi connectivity index (χ4n) is 7.52. The van der Waals surface area contributed by atoms with Gasteiger partial charge in [-0.2, -0.15) is 5.10 Å². The van der Waals surface area contributed by atoms with E-state index in [4.69, 9.17) is 11.6 Å². The Labute approximate surface area is 199 Å². The average molecular weight is 467 g/mol. The zero-order chi connectivity index (χ0) is 22.6. The Kier molecular flexibility index (Phi) is 5.24. The molecular formula is C26H31ClN4O2. The van der Waals surface area contributed by atoms with Crippen molar-refractivity contribution in [1.29, 1.82) is 0 Å². The lowest BCUT2D eigenvalue weighted by Crippen LogP contribution is -2.56. The second-order valence-corrected chi connectivity index (χ2v) is 11.2. The molecule has 4 aliphatic carbocycles. The summed E-state index contributed by atoms with van der Waals surface area (Å²) in [5.41, 5.74) is 0.738. The fourth-order valence-corrected chi connectivity index (χ4v) is 7.72. The third kappa shape index (κ3) is 3.76. The summed E-state index contributed by atoms with van der Waals surface area (Å²) in [6.45, 7) is 1.17. The van der Waals surface area contributed by atoms with Crippen molar-refractivity contribution >= 4 is 29.2 Å². The lowest BCUT2D eigenvalue weighted by atomic mass is 9.49. The van der Waals surface area contributed by atoms with Gasteiger partial charge in [0, 0.05) is 17.6 Å². The van der Waals surface area contributed by atoms with Gasteiger partial charge < -0.3 is 10.2 Å². The molecule has 5 aliphatic rings. The molecule has 6 nitrogen and oxygen atoms in total. The number of halogens is 1. The van der Waals surface area contributed by atoms with Gasteiger partial charge in [0.05, 0.1) is 18.2 Å². The first kappa shape index (κ1) is 21.2. The predicted molar refractivity (Wildman–Crippen MR) is 127 cm³/mol.